The molecule has 10 heteroatoms. The first-order chi connectivity index (χ1) is 17.7. The van der Waals surface area contributed by atoms with Crippen molar-refractivity contribution < 1.29 is 32.3 Å². The molecule has 2 N–H and O–H groups in total. The van der Waals surface area contributed by atoms with Crippen LogP contribution in [0.25, 0.3) is 0 Å². The van der Waals surface area contributed by atoms with E-state index in [1.165, 1.54) is 24.1 Å². The van der Waals surface area contributed by atoms with Crippen LogP contribution in [0.1, 0.15) is 27.9 Å². The Kier molecular flexibility index (Phi) is 7.47. The topological polar surface area (TPSA) is 87.7 Å². The molecule has 1 aliphatic rings. The molecule has 0 unspecified atom stereocenters. The normalized spacial score (nSPS) is 15.4. The van der Waals surface area contributed by atoms with Crippen LogP contribution in [0.5, 0.6) is 5.75 Å². The van der Waals surface area contributed by atoms with Gasteiger partial charge in [0.2, 0.25) is 11.8 Å². The number of hydrogen-bond acceptors (Lipinski definition) is 4. The third kappa shape index (κ3) is 5.91. The standard InChI is InChI=1S/C27H24F3N3O4/c1-37-23-12-5-2-7-17(23)15-31-26(36)21-10-3-4-11-22(21)32-25(35)18-13-24(34)33(16-18)20-9-6-8-19(14-20)27(28,29)30/h2-12,14,18H,13,15-16H2,1H3,(H,31,36)(H,32,35)/t18-/m0/s1. The molecule has 3 amide bonds. The van der Waals surface area contributed by atoms with E-state index in [1.807, 2.05) is 18.2 Å². The molecular weight excluding hydrogens is 487 g/mol. The summed E-state index contributed by atoms with van der Waals surface area (Å²) in [4.78, 5) is 39.6. The molecule has 0 aliphatic carbocycles. The third-order valence-electron chi connectivity index (χ3n) is 6.04. The van der Waals surface area contributed by atoms with Crippen LogP contribution in [0.2, 0.25) is 0 Å². The smallest absolute Gasteiger partial charge is 0.416 e. The van der Waals surface area contributed by atoms with E-state index in [0.29, 0.717) is 5.75 Å². The van der Waals surface area contributed by atoms with Gasteiger partial charge in [0.05, 0.1) is 29.8 Å². The zero-order valence-corrected chi connectivity index (χ0v) is 19.8. The molecule has 192 valence electrons. The molecule has 3 aromatic carbocycles. The summed E-state index contributed by atoms with van der Waals surface area (Å²) in [5.74, 6) is -1.56. The highest BCUT2D eigenvalue weighted by molar-refractivity contribution is 6.07. The van der Waals surface area contributed by atoms with Crippen LogP contribution < -0.4 is 20.3 Å². The van der Waals surface area contributed by atoms with E-state index < -0.39 is 35.4 Å². The average Bonchev–Trinajstić information content (AvgIpc) is 3.29. The molecule has 1 aliphatic heterocycles. The molecule has 0 saturated carbocycles. The van der Waals surface area contributed by atoms with E-state index in [1.54, 1.807) is 30.3 Å². The zero-order valence-electron chi connectivity index (χ0n) is 19.8. The minimum Gasteiger partial charge on any atom is -0.496 e. The van der Waals surface area contributed by atoms with Gasteiger partial charge in [-0.1, -0.05) is 36.4 Å². The van der Waals surface area contributed by atoms with Crippen molar-refractivity contribution >= 4 is 29.1 Å². The highest BCUT2D eigenvalue weighted by atomic mass is 19.4. The fourth-order valence-corrected chi connectivity index (χ4v) is 4.13. The largest absolute Gasteiger partial charge is 0.496 e. The number of nitrogens with one attached hydrogen (secondary N) is 2. The average molecular weight is 512 g/mol. The molecule has 0 bridgehead atoms. The number of anilines is 2. The van der Waals surface area contributed by atoms with Crippen molar-refractivity contribution in [2.24, 2.45) is 5.92 Å². The second-order valence-electron chi connectivity index (χ2n) is 8.48. The number of methoxy groups -OCH3 is 1. The number of nitrogens with zero attached hydrogens (tertiary/aromatic N) is 1. The van der Waals surface area contributed by atoms with Gasteiger partial charge < -0.3 is 20.3 Å². The third-order valence-corrected chi connectivity index (χ3v) is 6.04. The van der Waals surface area contributed by atoms with Gasteiger partial charge in [-0.05, 0) is 36.4 Å². The van der Waals surface area contributed by atoms with Crippen molar-refractivity contribution in [2.75, 3.05) is 23.9 Å². The molecule has 0 spiro atoms. The van der Waals surface area contributed by atoms with E-state index in [9.17, 15) is 27.6 Å². The van der Waals surface area contributed by atoms with Crippen molar-refractivity contribution in [3.63, 3.8) is 0 Å². The van der Waals surface area contributed by atoms with E-state index in [0.717, 1.165) is 17.7 Å². The lowest BCUT2D eigenvalue weighted by molar-refractivity contribution is -0.137. The van der Waals surface area contributed by atoms with Crippen LogP contribution in [0.4, 0.5) is 24.5 Å². The van der Waals surface area contributed by atoms with Gasteiger partial charge in [-0.15, -0.1) is 0 Å². The number of halogens is 3. The molecule has 4 rings (SSSR count). The van der Waals surface area contributed by atoms with Gasteiger partial charge >= 0.3 is 6.18 Å². The van der Waals surface area contributed by atoms with Gasteiger partial charge in [-0.25, -0.2) is 0 Å². The summed E-state index contributed by atoms with van der Waals surface area (Å²) < 4.78 is 44.5. The van der Waals surface area contributed by atoms with Gasteiger partial charge in [0.25, 0.3) is 5.91 Å². The first-order valence-corrected chi connectivity index (χ1v) is 11.4. The zero-order chi connectivity index (χ0) is 26.6. The second-order valence-corrected chi connectivity index (χ2v) is 8.48. The van der Waals surface area contributed by atoms with Crippen LogP contribution in [-0.2, 0) is 22.3 Å². The predicted molar refractivity (Wildman–Crippen MR) is 131 cm³/mol. The molecule has 1 heterocycles. The van der Waals surface area contributed by atoms with Gasteiger partial charge in [0, 0.05) is 30.8 Å². The summed E-state index contributed by atoms with van der Waals surface area (Å²) in [6.45, 7) is 0.127. The Balaban J connectivity index is 1.44. The van der Waals surface area contributed by atoms with Crippen LogP contribution in [0.15, 0.2) is 72.8 Å². The van der Waals surface area contributed by atoms with E-state index in [-0.39, 0.29) is 36.4 Å². The van der Waals surface area contributed by atoms with Gasteiger partial charge in [0.1, 0.15) is 5.75 Å². The first kappa shape index (κ1) is 25.7. The van der Waals surface area contributed by atoms with Crippen molar-refractivity contribution in [2.45, 2.75) is 19.1 Å². The van der Waals surface area contributed by atoms with Crippen LogP contribution in [0.3, 0.4) is 0 Å². The Labute approximate surface area is 211 Å². The lowest BCUT2D eigenvalue weighted by atomic mass is 10.1. The van der Waals surface area contributed by atoms with Gasteiger partial charge in [-0.2, -0.15) is 13.2 Å². The molecular formula is C27H24F3N3O4. The number of benzene rings is 3. The fraction of sp³-hybridized carbons (Fsp3) is 0.222. The van der Waals surface area contributed by atoms with Gasteiger partial charge in [0.15, 0.2) is 0 Å². The SMILES string of the molecule is COc1ccccc1CNC(=O)c1ccccc1NC(=O)[C@H]1CC(=O)N(c2cccc(C(F)(F)F)c2)C1. The number of amides is 3. The number of para-hydroxylation sites is 2. The van der Waals surface area contributed by atoms with Crippen LogP contribution in [-0.4, -0.2) is 31.4 Å². The lowest BCUT2D eigenvalue weighted by Crippen LogP contribution is -2.29. The Morgan fingerprint density at radius 1 is 1.03 bits per heavy atom. The molecule has 37 heavy (non-hydrogen) atoms. The predicted octanol–water partition coefficient (Wildman–Crippen LogP) is 4.64. The van der Waals surface area contributed by atoms with Crippen molar-refractivity contribution in [3.05, 3.63) is 89.5 Å². The highest BCUT2D eigenvalue weighted by Crippen LogP contribution is 2.33. The second kappa shape index (κ2) is 10.7. The number of rotatable bonds is 7. The molecule has 1 atom stereocenters. The quantitative estimate of drug-likeness (QED) is 0.484. The molecule has 3 aromatic rings. The molecule has 1 fully saturated rings. The maximum atomic E-state index is 13.1. The maximum Gasteiger partial charge on any atom is 0.416 e. The number of ether oxygens (including phenoxy) is 1. The Bertz CT molecular complexity index is 1330. The summed E-state index contributed by atoms with van der Waals surface area (Å²) in [7, 11) is 1.54. The van der Waals surface area contributed by atoms with Gasteiger partial charge in [-0.3, -0.25) is 14.4 Å². The van der Waals surface area contributed by atoms with E-state index in [2.05, 4.69) is 10.6 Å². The lowest BCUT2D eigenvalue weighted by Gasteiger charge is -2.18. The van der Waals surface area contributed by atoms with E-state index >= 15 is 0 Å². The summed E-state index contributed by atoms with van der Waals surface area (Å²) in [5.41, 5.74) is 0.462. The minimum atomic E-state index is -4.55. The van der Waals surface area contributed by atoms with Crippen molar-refractivity contribution in [1.29, 1.82) is 0 Å². The summed E-state index contributed by atoms with van der Waals surface area (Å²) in [5, 5.41) is 5.50. The molecule has 7 nitrogen and oxygen atoms in total. The Hall–Kier alpha value is -4.34. The number of carbonyl (C=O) groups is 3. The number of alkyl halides is 3. The van der Waals surface area contributed by atoms with E-state index in [4.69, 9.17) is 4.74 Å². The Morgan fingerprint density at radius 2 is 1.76 bits per heavy atom. The Morgan fingerprint density at radius 3 is 2.51 bits per heavy atom. The number of hydrogen-bond donors (Lipinski definition) is 2. The maximum absolute atomic E-state index is 13.1. The summed E-state index contributed by atoms with van der Waals surface area (Å²) in [6.07, 6.45) is -4.71. The minimum absolute atomic E-state index is 0.0752. The van der Waals surface area contributed by atoms with Crippen LogP contribution >= 0.6 is 0 Å². The summed E-state index contributed by atoms with van der Waals surface area (Å²) in [6, 6.07) is 18.1. The monoisotopic (exact) mass is 511 g/mol. The number of carbonyl (C=O) groups excluding carboxylic acids is 3. The molecule has 1 saturated heterocycles. The fourth-order valence-electron chi connectivity index (χ4n) is 4.13. The molecule has 0 radical (unpaired) electrons. The van der Waals surface area contributed by atoms with Crippen LogP contribution in [0, 0.1) is 5.92 Å². The van der Waals surface area contributed by atoms with Crippen molar-refractivity contribution in [3.8, 4) is 5.75 Å². The first-order valence-electron chi connectivity index (χ1n) is 11.4. The highest BCUT2D eigenvalue weighted by Gasteiger charge is 2.37. The summed E-state index contributed by atoms with van der Waals surface area (Å²) >= 11 is 0. The van der Waals surface area contributed by atoms with Crippen molar-refractivity contribution in [1.82, 2.24) is 5.32 Å². The molecule has 0 aromatic heterocycles.